The fraction of sp³-hybridized carbons (Fsp3) is 0.750. The second-order valence-corrected chi connectivity index (χ2v) is 8.07. The first-order valence-electron chi connectivity index (χ1n) is 9.89. The first-order chi connectivity index (χ1) is 12.2. The van der Waals surface area contributed by atoms with Crippen LogP contribution in [0.1, 0.15) is 44.7 Å². The molecule has 1 aromatic heterocycles. The third-order valence-electron chi connectivity index (χ3n) is 6.69. The SMILES string of the molecule is CCN=C(NC1C2CCOC2C12CCCC2)N(C)Cc1cccn1C. The highest BCUT2D eigenvalue weighted by Gasteiger charge is 2.65. The predicted octanol–water partition coefficient (Wildman–Crippen LogP) is 2.77. The van der Waals surface area contributed by atoms with E-state index >= 15 is 0 Å². The third kappa shape index (κ3) is 2.77. The van der Waals surface area contributed by atoms with Crippen molar-refractivity contribution in [3.63, 3.8) is 0 Å². The van der Waals surface area contributed by atoms with Crippen molar-refractivity contribution < 1.29 is 4.74 Å². The zero-order valence-corrected chi connectivity index (χ0v) is 15.9. The van der Waals surface area contributed by atoms with Crippen LogP contribution in [0, 0.1) is 11.3 Å². The van der Waals surface area contributed by atoms with Crippen molar-refractivity contribution in [2.24, 2.45) is 23.4 Å². The second kappa shape index (κ2) is 6.67. The number of aliphatic imine (C=N–C) groups is 1. The third-order valence-corrected chi connectivity index (χ3v) is 6.69. The summed E-state index contributed by atoms with van der Waals surface area (Å²) in [7, 11) is 4.25. The van der Waals surface area contributed by atoms with E-state index in [1.54, 1.807) is 0 Å². The number of fused-ring (bicyclic) bond motifs is 2. The Bertz CT molecular complexity index is 631. The van der Waals surface area contributed by atoms with Crippen LogP contribution in [0.5, 0.6) is 0 Å². The van der Waals surface area contributed by atoms with E-state index in [2.05, 4.69) is 54.1 Å². The molecule has 0 radical (unpaired) electrons. The average molecular weight is 345 g/mol. The summed E-state index contributed by atoms with van der Waals surface area (Å²) < 4.78 is 8.31. The minimum Gasteiger partial charge on any atom is -0.377 e. The van der Waals surface area contributed by atoms with Crippen LogP contribution in [0.2, 0.25) is 0 Å². The summed E-state index contributed by atoms with van der Waals surface area (Å²) in [4.78, 5) is 7.07. The number of ether oxygens (including phenoxy) is 1. The van der Waals surface area contributed by atoms with Gasteiger partial charge >= 0.3 is 0 Å². The van der Waals surface area contributed by atoms with Crippen molar-refractivity contribution in [2.75, 3.05) is 20.2 Å². The molecule has 1 aromatic rings. The van der Waals surface area contributed by atoms with Gasteiger partial charge in [-0.05, 0) is 38.3 Å². The highest BCUT2D eigenvalue weighted by atomic mass is 16.5. The molecule has 1 N–H and O–H groups in total. The van der Waals surface area contributed by atoms with Gasteiger partial charge in [0.15, 0.2) is 5.96 Å². The maximum atomic E-state index is 6.13. The topological polar surface area (TPSA) is 41.8 Å². The first kappa shape index (κ1) is 17.0. The number of aromatic nitrogens is 1. The Morgan fingerprint density at radius 3 is 2.92 bits per heavy atom. The molecule has 1 aliphatic heterocycles. The van der Waals surface area contributed by atoms with E-state index < -0.39 is 0 Å². The summed E-state index contributed by atoms with van der Waals surface area (Å²) in [6.45, 7) is 4.74. The van der Waals surface area contributed by atoms with Crippen molar-refractivity contribution in [3.8, 4) is 0 Å². The van der Waals surface area contributed by atoms with E-state index in [-0.39, 0.29) is 0 Å². The quantitative estimate of drug-likeness (QED) is 0.675. The molecular formula is C20H32N4O. The van der Waals surface area contributed by atoms with Crippen molar-refractivity contribution >= 4 is 5.96 Å². The van der Waals surface area contributed by atoms with Gasteiger partial charge in [0.05, 0.1) is 12.6 Å². The molecule has 2 heterocycles. The maximum Gasteiger partial charge on any atom is 0.194 e. The van der Waals surface area contributed by atoms with Gasteiger partial charge in [-0.25, -0.2) is 0 Å². The van der Waals surface area contributed by atoms with Crippen LogP contribution >= 0.6 is 0 Å². The minimum atomic E-state index is 0.363. The van der Waals surface area contributed by atoms with E-state index in [1.807, 2.05) is 0 Å². The predicted molar refractivity (Wildman–Crippen MR) is 101 cm³/mol. The highest BCUT2D eigenvalue weighted by Crippen LogP contribution is 2.60. The van der Waals surface area contributed by atoms with Crippen LogP contribution in [-0.2, 0) is 18.3 Å². The molecule has 5 nitrogen and oxygen atoms in total. The van der Waals surface area contributed by atoms with Gasteiger partial charge in [-0.1, -0.05) is 12.8 Å². The number of guanidine groups is 1. The second-order valence-electron chi connectivity index (χ2n) is 8.07. The molecule has 4 rings (SSSR count). The van der Waals surface area contributed by atoms with Crippen molar-refractivity contribution in [2.45, 2.75) is 57.7 Å². The molecular weight excluding hydrogens is 312 g/mol. The number of nitrogens with one attached hydrogen (secondary N) is 1. The van der Waals surface area contributed by atoms with Crippen LogP contribution < -0.4 is 5.32 Å². The molecule has 2 saturated carbocycles. The van der Waals surface area contributed by atoms with E-state index in [0.29, 0.717) is 23.5 Å². The summed E-state index contributed by atoms with van der Waals surface area (Å²) >= 11 is 0. The summed E-state index contributed by atoms with van der Waals surface area (Å²) in [5.74, 6) is 1.72. The van der Waals surface area contributed by atoms with Crippen molar-refractivity contribution in [1.29, 1.82) is 0 Å². The van der Waals surface area contributed by atoms with E-state index in [4.69, 9.17) is 9.73 Å². The average Bonchev–Trinajstić information content (AvgIpc) is 3.32. The number of aryl methyl sites for hydroxylation is 1. The Hall–Kier alpha value is -1.49. The van der Waals surface area contributed by atoms with Crippen LogP contribution in [0.25, 0.3) is 0 Å². The molecule has 25 heavy (non-hydrogen) atoms. The van der Waals surface area contributed by atoms with Crippen molar-refractivity contribution in [3.05, 3.63) is 24.0 Å². The summed E-state index contributed by atoms with van der Waals surface area (Å²) in [5, 5.41) is 3.88. The zero-order valence-electron chi connectivity index (χ0n) is 15.9. The molecule has 2 aliphatic carbocycles. The summed E-state index contributed by atoms with van der Waals surface area (Å²) in [5.41, 5.74) is 1.67. The Kier molecular flexibility index (Phi) is 4.52. The largest absolute Gasteiger partial charge is 0.377 e. The van der Waals surface area contributed by atoms with Gasteiger partial charge in [0, 0.05) is 56.5 Å². The Balaban J connectivity index is 1.50. The standard InChI is InChI=1S/C20H32N4O/c1-4-21-19(24(3)14-15-8-7-12-23(15)2)22-17-16-9-13-25-18(16)20(17)10-5-6-11-20/h7-8,12,16-18H,4-6,9-11,13-14H2,1-3H3,(H,21,22). The molecule has 1 saturated heterocycles. The first-order valence-corrected chi connectivity index (χ1v) is 9.89. The summed E-state index contributed by atoms with van der Waals surface area (Å²) in [6, 6.07) is 4.82. The van der Waals surface area contributed by atoms with Crippen LogP contribution in [-0.4, -0.2) is 47.8 Å². The fourth-order valence-electron chi connectivity index (χ4n) is 5.45. The molecule has 3 unspecified atom stereocenters. The Labute approximate surface area is 151 Å². The monoisotopic (exact) mass is 344 g/mol. The van der Waals surface area contributed by atoms with E-state index in [0.717, 1.165) is 25.7 Å². The molecule has 138 valence electrons. The van der Waals surface area contributed by atoms with E-state index in [1.165, 1.54) is 37.8 Å². The molecule has 0 bridgehead atoms. The molecule has 1 spiro atoms. The molecule has 3 fully saturated rings. The smallest absolute Gasteiger partial charge is 0.194 e. The summed E-state index contributed by atoms with van der Waals surface area (Å²) in [6.07, 6.45) is 9.13. The lowest BCUT2D eigenvalue weighted by Gasteiger charge is -2.57. The highest BCUT2D eigenvalue weighted by molar-refractivity contribution is 5.80. The van der Waals surface area contributed by atoms with Gasteiger partial charge in [-0.3, -0.25) is 4.99 Å². The Morgan fingerprint density at radius 1 is 1.44 bits per heavy atom. The molecule has 3 aliphatic rings. The van der Waals surface area contributed by atoms with Gasteiger partial charge in [0.1, 0.15) is 0 Å². The maximum absolute atomic E-state index is 6.13. The van der Waals surface area contributed by atoms with Gasteiger partial charge in [-0.2, -0.15) is 0 Å². The van der Waals surface area contributed by atoms with Gasteiger partial charge in [0.25, 0.3) is 0 Å². The lowest BCUT2D eigenvalue weighted by atomic mass is 9.54. The van der Waals surface area contributed by atoms with Gasteiger partial charge in [-0.15, -0.1) is 0 Å². The molecule has 0 amide bonds. The number of nitrogens with zero attached hydrogens (tertiary/aromatic N) is 3. The van der Waals surface area contributed by atoms with Gasteiger partial charge < -0.3 is 19.5 Å². The lowest BCUT2D eigenvalue weighted by molar-refractivity contribution is -0.125. The molecule has 3 atom stereocenters. The molecule has 5 heteroatoms. The van der Waals surface area contributed by atoms with Crippen LogP contribution in [0.3, 0.4) is 0 Å². The van der Waals surface area contributed by atoms with Gasteiger partial charge in [0.2, 0.25) is 0 Å². The molecule has 0 aromatic carbocycles. The number of rotatable bonds is 4. The zero-order chi connectivity index (χ0) is 17.4. The normalized spacial score (nSPS) is 30.4. The van der Waals surface area contributed by atoms with Crippen LogP contribution in [0.4, 0.5) is 0 Å². The Morgan fingerprint density at radius 2 is 2.24 bits per heavy atom. The number of hydrogen-bond donors (Lipinski definition) is 1. The minimum absolute atomic E-state index is 0.363. The van der Waals surface area contributed by atoms with E-state index in [9.17, 15) is 0 Å². The lowest BCUT2D eigenvalue weighted by Crippen LogP contribution is -2.69. The van der Waals surface area contributed by atoms with Crippen LogP contribution in [0.15, 0.2) is 23.3 Å². The van der Waals surface area contributed by atoms with Crippen molar-refractivity contribution in [1.82, 2.24) is 14.8 Å². The number of hydrogen-bond acceptors (Lipinski definition) is 2. The fourth-order valence-corrected chi connectivity index (χ4v) is 5.45.